The van der Waals surface area contributed by atoms with Crippen LogP contribution in [0.4, 0.5) is 13.2 Å². The molecule has 0 aliphatic heterocycles. The zero-order chi connectivity index (χ0) is 31.0. The fraction of sp³-hybridized carbons (Fsp3) is 0.333. The maximum absolute atomic E-state index is 13.3. The number of halogens is 3. The number of rotatable bonds is 11. The number of amides is 1. The number of nitrogens with zero attached hydrogens (tertiary/aromatic N) is 1. The number of carbonyl (C=O) groups excluding carboxylic acids is 3. The molecule has 0 saturated heterocycles. The summed E-state index contributed by atoms with van der Waals surface area (Å²) in [5.74, 6) is -2.73. The zero-order valence-electron chi connectivity index (χ0n) is 23.6. The molecule has 0 radical (unpaired) electrons. The highest BCUT2D eigenvalue weighted by Crippen LogP contribution is 2.33. The lowest BCUT2D eigenvalue weighted by molar-refractivity contribution is -0.156. The number of ether oxygens (including phenoxy) is 4. The summed E-state index contributed by atoms with van der Waals surface area (Å²) in [6.07, 6.45) is -5.05. The van der Waals surface area contributed by atoms with E-state index in [1.54, 1.807) is 51.1 Å². The molecular weight excluding hydrogens is 557 g/mol. The predicted molar refractivity (Wildman–Crippen MR) is 145 cm³/mol. The minimum absolute atomic E-state index is 0.0914. The lowest BCUT2D eigenvalue weighted by Gasteiger charge is -2.28. The Hall–Kier alpha value is -4.61. The van der Waals surface area contributed by atoms with Gasteiger partial charge in [-0.1, -0.05) is 44.2 Å². The van der Waals surface area contributed by atoms with E-state index in [9.17, 15) is 27.6 Å². The van der Waals surface area contributed by atoms with Crippen molar-refractivity contribution in [3.8, 4) is 17.2 Å². The molecule has 0 aliphatic rings. The van der Waals surface area contributed by atoms with Crippen molar-refractivity contribution in [2.45, 2.75) is 52.1 Å². The van der Waals surface area contributed by atoms with Crippen molar-refractivity contribution >= 4 is 17.8 Å². The van der Waals surface area contributed by atoms with E-state index in [0.29, 0.717) is 5.56 Å². The summed E-state index contributed by atoms with van der Waals surface area (Å²) in [5, 5.41) is 2.58. The first-order chi connectivity index (χ1) is 19.8. The second kappa shape index (κ2) is 13.8. The number of benzene rings is 2. The molecule has 0 saturated carbocycles. The van der Waals surface area contributed by atoms with E-state index in [-0.39, 0.29) is 22.9 Å². The van der Waals surface area contributed by atoms with Crippen LogP contribution < -0.4 is 19.5 Å². The second-order valence-corrected chi connectivity index (χ2v) is 9.59. The molecule has 3 aromatic rings. The lowest BCUT2D eigenvalue weighted by atomic mass is 10.0. The summed E-state index contributed by atoms with van der Waals surface area (Å²) < 4.78 is 61.1. The molecule has 1 amide bonds. The third kappa shape index (κ3) is 8.21. The highest BCUT2D eigenvalue weighted by Gasteiger charge is 2.34. The standard InChI is InChI=1S/C30H31F3N2O7/c1-17(2)24(35-28(37)25-27(41-19(4)36)23(39-5)15-16-34-25)29(38)40-18(3)26(20-9-7-6-8-10-20)42-22-13-11-21(12-14-22)30(31,32)33/h6-18,24,26H,1-5H3,(H,35,37)/t18-,24-,26-/m0/s1. The van der Waals surface area contributed by atoms with Gasteiger partial charge in [-0.2, -0.15) is 13.2 Å². The average molecular weight is 589 g/mol. The van der Waals surface area contributed by atoms with Crippen LogP contribution in [0.1, 0.15) is 55.4 Å². The number of hydrogen-bond donors (Lipinski definition) is 1. The molecule has 0 aliphatic carbocycles. The normalized spacial score (nSPS) is 13.5. The van der Waals surface area contributed by atoms with Gasteiger partial charge in [0.05, 0.1) is 12.7 Å². The van der Waals surface area contributed by atoms with Gasteiger partial charge in [-0.15, -0.1) is 0 Å². The first-order valence-electron chi connectivity index (χ1n) is 12.9. The zero-order valence-corrected chi connectivity index (χ0v) is 23.6. The Balaban J connectivity index is 1.82. The number of aromatic nitrogens is 1. The summed E-state index contributed by atoms with van der Waals surface area (Å²) in [6, 6.07) is 13.1. The molecule has 3 rings (SSSR count). The van der Waals surface area contributed by atoms with Crippen LogP contribution in [-0.2, 0) is 20.5 Å². The molecule has 3 atom stereocenters. The van der Waals surface area contributed by atoms with Crippen LogP contribution in [0.5, 0.6) is 17.2 Å². The van der Waals surface area contributed by atoms with Gasteiger partial charge in [0.15, 0.2) is 17.5 Å². The number of pyridine rings is 1. The van der Waals surface area contributed by atoms with Gasteiger partial charge in [0.2, 0.25) is 5.75 Å². The maximum atomic E-state index is 13.3. The highest BCUT2D eigenvalue weighted by atomic mass is 19.4. The van der Waals surface area contributed by atoms with Crippen LogP contribution in [0.2, 0.25) is 0 Å². The van der Waals surface area contributed by atoms with Gasteiger partial charge in [0.1, 0.15) is 17.9 Å². The van der Waals surface area contributed by atoms with E-state index in [1.165, 1.54) is 31.5 Å². The van der Waals surface area contributed by atoms with E-state index in [1.807, 2.05) is 0 Å². The molecular formula is C30H31F3N2O7. The number of alkyl halides is 3. The van der Waals surface area contributed by atoms with Crippen molar-refractivity contribution in [3.05, 3.63) is 83.7 Å². The summed E-state index contributed by atoms with van der Waals surface area (Å²) in [6.45, 7) is 6.10. The summed E-state index contributed by atoms with van der Waals surface area (Å²) >= 11 is 0. The number of methoxy groups -OCH3 is 1. The lowest BCUT2D eigenvalue weighted by Crippen LogP contribution is -2.47. The predicted octanol–water partition coefficient (Wildman–Crippen LogP) is 5.54. The minimum Gasteiger partial charge on any atom is -0.493 e. The third-order valence-corrected chi connectivity index (χ3v) is 6.06. The van der Waals surface area contributed by atoms with Gasteiger partial charge in [-0.3, -0.25) is 9.59 Å². The topological polar surface area (TPSA) is 113 Å². The number of carbonyl (C=O) groups is 3. The van der Waals surface area contributed by atoms with Crippen molar-refractivity contribution in [1.29, 1.82) is 0 Å². The van der Waals surface area contributed by atoms with Crippen LogP contribution in [0.15, 0.2) is 66.9 Å². The van der Waals surface area contributed by atoms with Gasteiger partial charge in [-0.25, -0.2) is 9.78 Å². The van der Waals surface area contributed by atoms with E-state index in [0.717, 1.165) is 19.1 Å². The fourth-order valence-electron chi connectivity index (χ4n) is 3.97. The van der Waals surface area contributed by atoms with Crippen LogP contribution >= 0.6 is 0 Å². The van der Waals surface area contributed by atoms with Crippen molar-refractivity contribution in [2.75, 3.05) is 7.11 Å². The quantitative estimate of drug-likeness (QED) is 0.291. The molecule has 9 nitrogen and oxygen atoms in total. The van der Waals surface area contributed by atoms with Crippen LogP contribution in [-0.4, -0.2) is 42.1 Å². The molecule has 1 N–H and O–H groups in total. The monoisotopic (exact) mass is 588 g/mol. The first kappa shape index (κ1) is 31.9. The largest absolute Gasteiger partial charge is 0.493 e. The molecule has 1 aromatic heterocycles. The Bertz CT molecular complexity index is 1380. The Kier molecular flexibility index (Phi) is 10.5. The Morgan fingerprint density at radius 2 is 1.57 bits per heavy atom. The van der Waals surface area contributed by atoms with E-state index in [2.05, 4.69) is 10.3 Å². The average Bonchev–Trinajstić information content (AvgIpc) is 2.94. The molecule has 0 bridgehead atoms. The van der Waals surface area contributed by atoms with Gasteiger partial charge in [-0.05, 0) is 42.7 Å². The maximum Gasteiger partial charge on any atom is 0.416 e. The molecule has 0 unspecified atom stereocenters. The van der Waals surface area contributed by atoms with Gasteiger partial charge < -0.3 is 24.3 Å². The van der Waals surface area contributed by atoms with Gasteiger partial charge >= 0.3 is 18.1 Å². The van der Waals surface area contributed by atoms with Crippen molar-refractivity contribution in [3.63, 3.8) is 0 Å². The number of hydrogen-bond acceptors (Lipinski definition) is 8. The van der Waals surface area contributed by atoms with Gasteiger partial charge in [0.25, 0.3) is 5.91 Å². The van der Waals surface area contributed by atoms with E-state index < -0.39 is 53.8 Å². The van der Waals surface area contributed by atoms with Crippen molar-refractivity contribution in [1.82, 2.24) is 10.3 Å². The minimum atomic E-state index is -4.50. The summed E-state index contributed by atoms with van der Waals surface area (Å²) in [4.78, 5) is 42.1. The van der Waals surface area contributed by atoms with E-state index in [4.69, 9.17) is 18.9 Å². The first-order valence-corrected chi connectivity index (χ1v) is 12.9. The molecule has 224 valence electrons. The SMILES string of the molecule is COc1ccnc(C(=O)N[C@H](C(=O)O[C@@H](C)[C@H](Oc2ccc(C(F)(F)F)cc2)c2ccccc2)C(C)C)c1OC(C)=O. The van der Waals surface area contributed by atoms with Crippen molar-refractivity contribution < 1.29 is 46.5 Å². The summed E-state index contributed by atoms with van der Waals surface area (Å²) in [5.41, 5.74) is -0.498. The Morgan fingerprint density at radius 3 is 2.12 bits per heavy atom. The molecule has 0 spiro atoms. The molecule has 0 fully saturated rings. The summed E-state index contributed by atoms with van der Waals surface area (Å²) in [7, 11) is 1.33. The Morgan fingerprint density at radius 1 is 0.929 bits per heavy atom. The Labute approximate surface area is 240 Å². The fourth-order valence-corrected chi connectivity index (χ4v) is 3.97. The molecule has 12 heteroatoms. The van der Waals surface area contributed by atoms with Crippen LogP contribution in [0.3, 0.4) is 0 Å². The van der Waals surface area contributed by atoms with Crippen LogP contribution in [0.25, 0.3) is 0 Å². The smallest absolute Gasteiger partial charge is 0.416 e. The second-order valence-electron chi connectivity index (χ2n) is 9.59. The molecule has 1 heterocycles. The number of nitrogens with one attached hydrogen (secondary N) is 1. The highest BCUT2D eigenvalue weighted by molar-refractivity contribution is 5.98. The number of esters is 2. The van der Waals surface area contributed by atoms with Crippen molar-refractivity contribution in [2.24, 2.45) is 5.92 Å². The molecule has 2 aromatic carbocycles. The van der Waals surface area contributed by atoms with Gasteiger partial charge in [0, 0.05) is 19.2 Å². The third-order valence-electron chi connectivity index (χ3n) is 6.06. The molecule has 42 heavy (non-hydrogen) atoms. The van der Waals surface area contributed by atoms with Crippen LogP contribution in [0, 0.1) is 5.92 Å². The van der Waals surface area contributed by atoms with E-state index >= 15 is 0 Å².